The van der Waals surface area contributed by atoms with Crippen LogP contribution in [-0.2, 0) is 4.79 Å². The van der Waals surface area contributed by atoms with Gasteiger partial charge in [0.25, 0.3) is 5.91 Å². The number of piperidine rings is 1. The predicted octanol–water partition coefficient (Wildman–Crippen LogP) is 2.63. The summed E-state index contributed by atoms with van der Waals surface area (Å²) in [5.74, 6) is 0.303. The zero-order valence-corrected chi connectivity index (χ0v) is 15.9. The molecule has 26 heavy (non-hydrogen) atoms. The Labute approximate surface area is 156 Å². The normalized spacial score (nSPS) is 20.0. The molecule has 2 aliphatic heterocycles. The van der Waals surface area contributed by atoms with Gasteiger partial charge in [-0.2, -0.15) is 0 Å². The van der Waals surface area contributed by atoms with Gasteiger partial charge in [0.1, 0.15) is 0 Å². The van der Waals surface area contributed by atoms with Crippen LogP contribution >= 0.6 is 0 Å². The molecule has 0 aliphatic carbocycles. The molecule has 2 aliphatic rings. The Bertz CT molecular complexity index is 591. The molecule has 2 saturated heterocycles. The second kappa shape index (κ2) is 9.17. The summed E-state index contributed by atoms with van der Waals surface area (Å²) in [6, 6.07) is 9.87. The van der Waals surface area contributed by atoms with E-state index in [9.17, 15) is 9.59 Å². The van der Waals surface area contributed by atoms with Crippen LogP contribution in [0.15, 0.2) is 30.3 Å². The van der Waals surface area contributed by atoms with E-state index in [2.05, 4.69) is 11.8 Å². The Morgan fingerprint density at radius 1 is 0.885 bits per heavy atom. The average Bonchev–Trinajstić information content (AvgIpc) is 2.72. The third-order valence-corrected chi connectivity index (χ3v) is 5.73. The standard InChI is InChI=1S/C21H31N3O2/c1-18(22-12-6-3-7-13-22)10-11-20(25)23-14-16-24(17-15-23)21(26)19-8-4-2-5-9-19/h2,4-5,8-9,18H,3,6-7,10-17H2,1H3. The summed E-state index contributed by atoms with van der Waals surface area (Å²) >= 11 is 0. The molecule has 2 fully saturated rings. The molecular weight excluding hydrogens is 326 g/mol. The van der Waals surface area contributed by atoms with Gasteiger partial charge < -0.3 is 14.7 Å². The number of hydrogen-bond donors (Lipinski definition) is 0. The van der Waals surface area contributed by atoms with Crippen LogP contribution in [-0.4, -0.2) is 71.8 Å². The molecule has 2 amide bonds. The van der Waals surface area contributed by atoms with E-state index in [4.69, 9.17) is 0 Å². The van der Waals surface area contributed by atoms with Crippen molar-refractivity contribution < 1.29 is 9.59 Å². The monoisotopic (exact) mass is 357 g/mol. The highest BCUT2D eigenvalue weighted by atomic mass is 16.2. The van der Waals surface area contributed by atoms with Gasteiger partial charge in [0, 0.05) is 44.2 Å². The average molecular weight is 357 g/mol. The molecular formula is C21H31N3O2. The highest BCUT2D eigenvalue weighted by molar-refractivity contribution is 5.94. The maximum atomic E-state index is 12.5. The third kappa shape index (κ3) is 4.85. The molecule has 0 bridgehead atoms. The summed E-state index contributed by atoms with van der Waals surface area (Å²) in [5, 5.41) is 0. The fourth-order valence-corrected chi connectivity index (χ4v) is 3.95. The van der Waals surface area contributed by atoms with Gasteiger partial charge >= 0.3 is 0 Å². The van der Waals surface area contributed by atoms with Crippen LogP contribution in [0.25, 0.3) is 0 Å². The topological polar surface area (TPSA) is 43.9 Å². The lowest BCUT2D eigenvalue weighted by Crippen LogP contribution is -2.50. The number of amides is 2. The minimum absolute atomic E-state index is 0.0661. The fraction of sp³-hybridized carbons (Fsp3) is 0.619. The van der Waals surface area contributed by atoms with Crippen molar-refractivity contribution in [3.63, 3.8) is 0 Å². The first-order valence-electron chi connectivity index (χ1n) is 10.0. The Morgan fingerprint density at radius 2 is 1.50 bits per heavy atom. The van der Waals surface area contributed by atoms with Crippen LogP contribution in [0.1, 0.15) is 49.4 Å². The van der Waals surface area contributed by atoms with Crippen molar-refractivity contribution in [2.45, 2.75) is 45.1 Å². The zero-order valence-electron chi connectivity index (χ0n) is 15.9. The van der Waals surface area contributed by atoms with Crippen LogP contribution < -0.4 is 0 Å². The lowest BCUT2D eigenvalue weighted by atomic mass is 10.1. The molecule has 1 aromatic carbocycles. The summed E-state index contributed by atoms with van der Waals surface area (Å²) in [6.45, 7) is 7.15. The van der Waals surface area contributed by atoms with Crippen molar-refractivity contribution in [3.05, 3.63) is 35.9 Å². The lowest BCUT2D eigenvalue weighted by Gasteiger charge is -2.36. The van der Waals surface area contributed by atoms with Crippen LogP contribution in [0.2, 0.25) is 0 Å². The van der Waals surface area contributed by atoms with Crippen LogP contribution in [0.5, 0.6) is 0 Å². The van der Waals surface area contributed by atoms with E-state index >= 15 is 0 Å². The van der Waals surface area contributed by atoms with Gasteiger partial charge in [0.2, 0.25) is 5.91 Å². The zero-order chi connectivity index (χ0) is 18.4. The summed E-state index contributed by atoms with van der Waals surface area (Å²) in [5.41, 5.74) is 0.725. The van der Waals surface area contributed by atoms with Gasteiger partial charge in [0.05, 0.1) is 0 Å². The summed E-state index contributed by atoms with van der Waals surface area (Å²) in [6.07, 6.45) is 5.46. The molecule has 2 heterocycles. The summed E-state index contributed by atoms with van der Waals surface area (Å²) in [7, 11) is 0. The minimum Gasteiger partial charge on any atom is -0.339 e. The highest BCUT2D eigenvalue weighted by Gasteiger charge is 2.25. The Kier molecular flexibility index (Phi) is 6.67. The van der Waals surface area contributed by atoms with Crippen LogP contribution in [0.3, 0.4) is 0 Å². The van der Waals surface area contributed by atoms with Crippen molar-refractivity contribution in [2.24, 2.45) is 0 Å². The summed E-state index contributed by atoms with van der Waals surface area (Å²) in [4.78, 5) is 31.3. The van der Waals surface area contributed by atoms with Gasteiger partial charge in [0.15, 0.2) is 0 Å². The van der Waals surface area contributed by atoms with Crippen molar-refractivity contribution in [1.82, 2.24) is 14.7 Å². The van der Waals surface area contributed by atoms with Gasteiger partial charge in [-0.15, -0.1) is 0 Å². The Hall–Kier alpha value is -1.88. The molecule has 5 nitrogen and oxygen atoms in total. The molecule has 0 aromatic heterocycles. The molecule has 1 unspecified atom stereocenters. The fourth-order valence-electron chi connectivity index (χ4n) is 3.95. The molecule has 0 N–H and O–H groups in total. The number of carbonyl (C=O) groups excluding carboxylic acids is 2. The minimum atomic E-state index is 0.0661. The maximum absolute atomic E-state index is 12.5. The molecule has 1 atom stereocenters. The lowest BCUT2D eigenvalue weighted by molar-refractivity contribution is -0.133. The van der Waals surface area contributed by atoms with E-state index in [1.165, 1.54) is 32.4 Å². The SMILES string of the molecule is CC(CCC(=O)N1CCN(C(=O)c2ccccc2)CC1)N1CCCCC1. The molecule has 142 valence electrons. The van der Waals surface area contributed by atoms with Crippen molar-refractivity contribution in [1.29, 1.82) is 0 Å². The first-order chi connectivity index (χ1) is 12.6. The summed E-state index contributed by atoms with van der Waals surface area (Å²) < 4.78 is 0. The first kappa shape index (κ1) is 18.9. The van der Waals surface area contributed by atoms with Gasteiger partial charge in [-0.1, -0.05) is 24.6 Å². The van der Waals surface area contributed by atoms with Crippen molar-refractivity contribution in [3.8, 4) is 0 Å². The van der Waals surface area contributed by atoms with E-state index in [1.807, 2.05) is 40.1 Å². The van der Waals surface area contributed by atoms with E-state index in [0.717, 1.165) is 12.0 Å². The Morgan fingerprint density at radius 3 is 2.15 bits per heavy atom. The number of likely N-dealkylation sites (tertiary alicyclic amines) is 1. The van der Waals surface area contributed by atoms with E-state index in [-0.39, 0.29) is 11.8 Å². The number of nitrogens with zero attached hydrogens (tertiary/aromatic N) is 3. The van der Waals surface area contributed by atoms with Crippen molar-refractivity contribution >= 4 is 11.8 Å². The number of piperazine rings is 1. The van der Waals surface area contributed by atoms with E-state index in [1.54, 1.807) is 0 Å². The van der Waals surface area contributed by atoms with Crippen LogP contribution in [0.4, 0.5) is 0 Å². The number of carbonyl (C=O) groups is 2. The molecule has 3 rings (SSSR count). The van der Waals surface area contributed by atoms with Crippen LogP contribution in [0, 0.1) is 0 Å². The molecule has 1 aromatic rings. The predicted molar refractivity (Wildman–Crippen MR) is 103 cm³/mol. The number of benzene rings is 1. The van der Waals surface area contributed by atoms with E-state index in [0.29, 0.717) is 38.6 Å². The van der Waals surface area contributed by atoms with E-state index < -0.39 is 0 Å². The second-order valence-corrected chi connectivity index (χ2v) is 7.52. The number of rotatable bonds is 5. The smallest absolute Gasteiger partial charge is 0.253 e. The van der Waals surface area contributed by atoms with Gasteiger partial charge in [-0.3, -0.25) is 9.59 Å². The van der Waals surface area contributed by atoms with Gasteiger partial charge in [-0.05, 0) is 51.4 Å². The quantitative estimate of drug-likeness (QED) is 0.814. The second-order valence-electron chi connectivity index (χ2n) is 7.52. The largest absolute Gasteiger partial charge is 0.339 e. The van der Waals surface area contributed by atoms with Gasteiger partial charge in [-0.25, -0.2) is 0 Å². The molecule has 0 saturated carbocycles. The highest BCUT2D eigenvalue weighted by Crippen LogP contribution is 2.16. The third-order valence-electron chi connectivity index (χ3n) is 5.73. The molecule has 0 spiro atoms. The molecule has 0 radical (unpaired) electrons. The first-order valence-corrected chi connectivity index (χ1v) is 10.0. The molecule has 5 heteroatoms. The van der Waals surface area contributed by atoms with Crippen molar-refractivity contribution in [2.75, 3.05) is 39.3 Å². The Balaban J connectivity index is 1.41. The maximum Gasteiger partial charge on any atom is 0.253 e. The number of hydrogen-bond acceptors (Lipinski definition) is 3.